The Morgan fingerprint density at radius 2 is 1.95 bits per heavy atom. The second-order valence-corrected chi connectivity index (χ2v) is 4.98. The maximum Gasteiger partial charge on any atom is 0.170 e. The first-order valence-electron chi connectivity index (χ1n) is 5.72. The van der Waals surface area contributed by atoms with Gasteiger partial charge in [-0.15, -0.1) is 0 Å². The normalized spacial score (nSPS) is 11.4. The number of ether oxygens (including phenoxy) is 1. The first kappa shape index (κ1) is 14.5. The van der Waals surface area contributed by atoms with Gasteiger partial charge in [0, 0.05) is 16.7 Å². The summed E-state index contributed by atoms with van der Waals surface area (Å²) < 4.78 is 5.68. The van der Waals surface area contributed by atoms with Crippen LogP contribution < -0.4 is 10.5 Å². The Balaban J connectivity index is 2.31. The van der Waals surface area contributed by atoms with Gasteiger partial charge in [-0.2, -0.15) is 0 Å². The van der Waals surface area contributed by atoms with Crippen LogP contribution in [0.3, 0.4) is 0 Å². The quantitative estimate of drug-likeness (QED) is 0.386. The van der Waals surface area contributed by atoms with Gasteiger partial charge in [0.05, 0.1) is 5.02 Å². The number of halogens is 2. The van der Waals surface area contributed by atoms with E-state index in [0.717, 1.165) is 5.56 Å². The third-order valence-electron chi connectivity index (χ3n) is 2.70. The Bertz CT molecular complexity index is 672. The molecule has 0 radical (unpaired) electrons. The summed E-state index contributed by atoms with van der Waals surface area (Å²) >= 11 is 11.9. The number of aryl methyl sites for hydroxylation is 1. The van der Waals surface area contributed by atoms with E-state index in [1.807, 2.05) is 6.92 Å². The molecule has 0 bridgehead atoms. The van der Waals surface area contributed by atoms with Crippen molar-refractivity contribution in [2.45, 2.75) is 6.92 Å². The Morgan fingerprint density at radius 3 is 2.60 bits per heavy atom. The summed E-state index contributed by atoms with van der Waals surface area (Å²) in [6.45, 7) is 1.83. The van der Waals surface area contributed by atoms with Crippen LogP contribution in [0.25, 0.3) is 0 Å². The van der Waals surface area contributed by atoms with Crippen molar-refractivity contribution in [3.63, 3.8) is 0 Å². The largest absolute Gasteiger partial charge is 0.456 e. The van der Waals surface area contributed by atoms with E-state index in [4.69, 9.17) is 38.9 Å². The van der Waals surface area contributed by atoms with Gasteiger partial charge in [0.15, 0.2) is 5.84 Å². The Hall–Kier alpha value is -1.91. The van der Waals surface area contributed by atoms with Crippen LogP contribution in [0.4, 0.5) is 0 Å². The topological polar surface area (TPSA) is 67.8 Å². The van der Waals surface area contributed by atoms with Gasteiger partial charge in [0.2, 0.25) is 0 Å². The van der Waals surface area contributed by atoms with Crippen molar-refractivity contribution in [2.24, 2.45) is 10.9 Å². The van der Waals surface area contributed by atoms with Crippen LogP contribution in [0, 0.1) is 6.92 Å². The molecule has 4 nitrogen and oxygen atoms in total. The van der Waals surface area contributed by atoms with Crippen LogP contribution in [-0.4, -0.2) is 11.0 Å². The van der Waals surface area contributed by atoms with Gasteiger partial charge in [0.25, 0.3) is 0 Å². The van der Waals surface area contributed by atoms with Gasteiger partial charge >= 0.3 is 0 Å². The van der Waals surface area contributed by atoms with Gasteiger partial charge in [0.1, 0.15) is 11.5 Å². The summed E-state index contributed by atoms with van der Waals surface area (Å²) in [6.07, 6.45) is 0. The minimum atomic E-state index is 0.0508. The average molecular weight is 311 g/mol. The summed E-state index contributed by atoms with van der Waals surface area (Å²) in [7, 11) is 0. The lowest BCUT2D eigenvalue weighted by atomic mass is 10.1. The van der Waals surface area contributed by atoms with E-state index in [9.17, 15) is 0 Å². The van der Waals surface area contributed by atoms with E-state index in [1.54, 1.807) is 36.4 Å². The Labute approximate surface area is 126 Å². The zero-order valence-corrected chi connectivity index (χ0v) is 12.1. The van der Waals surface area contributed by atoms with Crippen LogP contribution >= 0.6 is 23.2 Å². The summed E-state index contributed by atoms with van der Waals surface area (Å²) in [5.74, 6) is 1.10. The third kappa shape index (κ3) is 3.15. The minimum Gasteiger partial charge on any atom is -0.456 e. The maximum atomic E-state index is 8.68. The molecule has 6 heteroatoms. The molecule has 0 fully saturated rings. The number of amidine groups is 1. The lowest BCUT2D eigenvalue weighted by Crippen LogP contribution is -2.14. The highest BCUT2D eigenvalue weighted by molar-refractivity contribution is 6.34. The zero-order chi connectivity index (χ0) is 14.7. The molecule has 3 N–H and O–H groups in total. The lowest BCUT2D eigenvalue weighted by Gasteiger charge is -2.10. The standard InChI is InChI=1S/C14H12Cl2N2O2/c1-8-6-10(3-4-11(8)14(17)18-19)20-13-7-9(15)2-5-12(13)16/h2-7,19H,1H3,(H2,17,18). The minimum absolute atomic E-state index is 0.0508. The zero-order valence-electron chi connectivity index (χ0n) is 10.6. The molecule has 0 saturated heterocycles. The molecular weight excluding hydrogens is 299 g/mol. The first-order valence-corrected chi connectivity index (χ1v) is 6.48. The molecule has 0 aliphatic heterocycles. The predicted octanol–water partition coefficient (Wildman–Crippen LogP) is 4.19. The van der Waals surface area contributed by atoms with Crippen LogP contribution in [-0.2, 0) is 0 Å². The van der Waals surface area contributed by atoms with Gasteiger partial charge in [-0.3, -0.25) is 0 Å². The summed E-state index contributed by atoms with van der Waals surface area (Å²) in [5.41, 5.74) is 7.01. The van der Waals surface area contributed by atoms with E-state index in [0.29, 0.717) is 27.1 Å². The highest BCUT2D eigenvalue weighted by atomic mass is 35.5. The molecule has 2 aromatic rings. The third-order valence-corrected chi connectivity index (χ3v) is 3.25. The summed E-state index contributed by atoms with van der Waals surface area (Å²) in [4.78, 5) is 0. The number of hydrogen-bond acceptors (Lipinski definition) is 3. The molecule has 0 aliphatic rings. The molecule has 20 heavy (non-hydrogen) atoms. The average Bonchev–Trinajstić information content (AvgIpc) is 2.42. The Kier molecular flexibility index (Phi) is 4.37. The number of hydrogen-bond donors (Lipinski definition) is 2. The molecule has 0 aliphatic carbocycles. The second kappa shape index (κ2) is 6.03. The number of benzene rings is 2. The molecule has 0 atom stereocenters. The number of oxime groups is 1. The van der Waals surface area contributed by atoms with Gasteiger partial charge in [-0.1, -0.05) is 28.4 Å². The van der Waals surface area contributed by atoms with Crippen molar-refractivity contribution in [3.8, 4) is 11.5 Å². The molecular formula is C14H12Cl2N2O2. The second-order valence-electron chi connectivity index (χ2n) is 4.14. The smallest absolute Gasteiger partial charge is 0.170 e. The molecule has 0 spiro atoms. The SMILES string of the molecule is Cc1cc(Oc2cc(Cl)ccc2Cl)ccc1/C(N)=N/O. The van der Waals surface area contributed by atoms with Gasteiger partial charge in [-0.05, 0) is 42.8 Å². The highest BCUT2D eigenvalue weighted by Gasteiger charge is 2.08. The fourth-order valence-corrected chi connectivity index (χ4v) is 2.04. The van der Waals surface area contributed by atoms with Crippen molar-refractivity contribution in [2.75, 3.05) is 0 Å². The van der Waals surface area contributed by atoms with Crippen molar-refractivity contribution in [3.05, 3.63) is 57.6 Å². The Morgan fingerprint density at radius 1 is 1.20 bits per heavy atom. The monoisotopic (exact) mass is 310 g/mol. The molecule has 2 aromatic carbocycles. The molecule has 0 unspecified atom stereocenters. The molecule has 0 heterocycles. The van der Waals surface area contributed by atoms with Crippen molar-refractivity contribution < 1.29 is 9.94 Å². The fraction of sp³-hybridized carbons (Fsp3) is 0.0714. The van der Waals surface area contributed by atoms with Crippen LogP contribution in [0.5, 0.6) is 11.5 Å². The predicted molar refractivity (Wildman–Crippen MR) is 80.2 cm³/mol. The van der Waals surface area contributed by atoms with Gasteiger partial charge < -0.3 is 15.7 Å². The summed E-state index contributed by atoms with van der Waals surface area (Å²) in [5, 5.41) is 12.7. The molecule has 104 valence electrons. The van der Waals surface area contributed by atoms with E-state index >= 15 is 0 Å². The van der Waals surface area contributed by atoms with E-state index in [2.05, 4.69) is 5.16 Å². The van der Waals surface area contributed by atoms with E-state index < -0.39 is 0 Å². The van der Waals surface area contributed by atoms with Gasteiger partial charge in [-0.25, -0.2) is 0 Å². The number of rotatable bonds is 3. The fourth-order valence-electron chi connectivity index (χ4n) is 1.72. The van der Waals surface area contributed by atoms with Crippen LogP contribution in [0.2, 0.25) is 10.0 Å². The molecule has 0 saturated carbocycles. The molecule has 0 amide bonds. The lowest BCUT2D eigenvalue weighted by molar-refractivity contribution is 0.318. The van der Waals surface area contributed by atoms with Crippen LogP contribution in [0.1, 0.15) is 11.1 Å². The van der Waals surface area contributed by atoms with Crippen molar-refractivity contribution in [1.29, 1.82) is 0 Å². The number of nitrogens with two attached hydrogens (primary N) is 1. The van der Waals surface area contributed by atoms with E-state index in [1.165, 1.54) is 0 Å². The first-order chi connectivity index (χ1) is 9.51. The van der Waals surface area contributed by atoms with Crippen molar-refractivity contribution in [1.82, 2.24) is 0 Å². The maximum absolute atomic E-state index is 8.68. The summed E-state index contributed by atoms with van der Waals surface area (Å²) in [6, 6.07) is 10.2. The molecule has 2 rings (SSSR count). The highest BCUT2D eigenvalue weighted by Crippen LogP contribution is 2.32. The van der Waals surface area contributed by atoms with E-state index in [-0.39, 0.29) is 5.84 Å². The van der Waals surface area contributed by atoms with Crippen LogP contribution in [0.15, 0.2) is 41.6 Å². The molecule has 0 aromatic heterocycles. The number of nitrogens with zero attached hydrogens (tertiary/aromatic N) is 1. The van der Waals surface area contributed by atoms with Crippen molar-refractivity contribution >= 4 is 29.0 Å².